The second-order valence-corrected chi connectivity index (χ2v) is 11.2. The largest absolute Gasteiger partial charge is 0.396 e. The van der Waals surface area contributed by atoms with Crippen LogP contribution in [0.15, 0.2) is 121 Å². The highest BCUT2D eigenvalue weighted by Crippen LogP contribution is 2.56. The molecule has 1 saturated carbocycles. The zero-order valence-corrected chi connectivity index (χ0v) is 22.3. The molecule has 39 heavy (non-hydrogen) atoms. The lowest BCUT2D eigenvalue weighted by Crippen LogP contribution is -2.09. The molecule has 1 heteroatoms. The zero-order chi connectivity index (χ0) is 26.2. The highest BCUT2D eigenvalue weighted by molar-refractivity contribution is 6.04. The van der Waals surface area contributed by atoms with Crippen molar-refractivity contribution in [1.29, 1.82) is 0 Å². The fourth-order valence-corrected chi connectivity index (χ4v) is 7.31. The molecule has 0 aromatic heterocycles. The Balaban J connectivity index is 1.63. The topological polar surface area (TPSA) is 20.2 Å². The van der Waals surface area contributed by atoms with E-state index >= 15 is 0 Å². The first-order valence-corrected chi connectivity index (χ1v) is 14.4. The van der Waals surface area contributed by atoms with Gasteiger partial charge in [0.2, 0.25) is 0 Å². The molecule has 5 aromatic rings. The summed E-state index contributed by atoms with van der Waals surface area (Å²) in [5.41, 5.74) is 13.5. The third kappa shape index (κ3) is 4.32. The normalized spacial score (nSPS) is 19.9. The van der Waals surface area contributed by atoms with Crippen LogP contribution in [0.3, 0.4) is 0 Å². The average Bonchev–Trinajstić information content (AvgIpc) is 3.68. The molecule has 1 N–H and O–H groups in total. The first kappa shape index (κ1) is 24.1. The quantitative estimate of drug-likeness (QED) is 0.252. The van der Waals surface area contributed by atoms with Crippen LogP contribution in [0.1, 0.15) is 24.0 Å². The number of benzene rings is 5. The number of aliphatic hydroxyl groups is 1. The van der Waals surface area contributed by atoms with Crippen molar-refractivity contribution >= 4 is 0 Å². The van der Waals surface area contributed by atoms with E-state index in [2.05, 4.69) is 121 Å². The summed E-state index contributed by atoms with van der Waals surface area (Å²) in [6, 6.07) is 44.1. The van der Waals surface area contributed by atoms with Gasteiger partial charge >= 0.3 is 0 Å². The second kappa shape index (κ2) is 10.3. The summed E-state index contributed by atoms with van der Waals surface area (Å²) < 4.78 is 0. The lowest BCUT2D eigenvalue weighted by molar-refractivity contribution is 0.262. The van der Waals surface area contributed by atoms with Gasteiger partial charge in [0.15, 0.2) is 0 Å². The van der Waals surface area contributed by atoms with Gasteiger partial charge in [-0.2, -0.15) is 0 Å². The third-order valence-corrected chi connectivity index (χ3v) is 9.14. The molecule has 0 spiro atoms. The van der Waals surface area contributed by atoms with Gasteiger partial charge < -0.3 is 5.11 Å². The molecule has 0 bridgehead atoms. The minimum absolute atomic E-state index is 0.327. The predicted octanol–water partition coefficient (Wildman–Crippen LogP) is 9.09. The average molecular weight is 507 g/mol. The van der Waals surface area contributed by atoms with Crippen molar-refractivity contribution in [2.24, 2.45) is 17.8 Å². The molecule has 0 heterocycles. The minimum atomic E-state index is 0.327. The van der Waals surface area contributed by atoms with Crippen LogP contribution in [-0.2, 0) is 12.8 Å². The Morgan fingerprint density at radius 3 is 1.05 bits per heavy atom. The molecule has 1 fully saturated rings. The molecule has 7 rings (SSSR count). The van der Waals surface area contributed by atoms with Gasteiger partial charge in [0.25, 0.3) is 0 Å². The van der Waals surface area contributed by atoms with Gasteiger partial charge in [-0.3, -0.25) is 0 Å². The number of aliphatic hydroxyl groups excluding tert-OH is 1. The van der Waals surface area contributed by atoms with Crippen molar-refractivity contribution in [1.82, 2.24) is 0 Å². The van der Waals surface area contributed by atoms with Gasteiger partial charge in [0, 0.05) is 6.61 Å². The van der Waals surface area contributed by atoms with Crippen LogP contribution in [-0.4, -0.2) is 11.7 Å². The highest BCUT2D eigenvalue weighted by Gasteiger charge is 2.49. The van der Waals surface area contributed by atoms with E-state index in [1.54, 1.807) is 0 Å². The maximum atomic E-state index is 10.1. The maximum Gasteiger partial charge on any atom is 0.0464 e. The number of hydrogen-bond donors (Lipinski definition) is 1. The summed E-state index contributed by atoms with van der Waals surface area (Å²) in [5, 5.41) is 10.1. The molecule has 5 aromatic carbocycles. The SMILES string of the molecule is OCC1[C@H]2CCc3c(c(-c4ccccc4)c(-c4ccccc4)c(-c4ccccc4)c3-c3ccccc3)CC[C@@H]12. The standard InChI is InChI=1S/C38H34O/c39-25-34-30-21-23-32-33(24-22-31(30)34)36(27-15-7-2-8-16-27)38(29-19-11-4-12-20-29)37(28-17-9-3-10-18-28)35(32)26-13-5-1-6-14-26/h1-20,30-31,34,39H,21-25H2/t30-,31+,34?. The first-order chi connectivity index (χ1) is 19.3. The van der Waals surface area contributed by atoms with Gasteiger partial charge in [-0.05, 0) is 99.1 Å². The molecule has 0 amide bonds. The molecule has 2 aliphatic rings. The molecule has 2 aliphatic carbocycles. The number of fused-ring (bicyclic) bond motifs is 2. The van der Waals surface area contributed by atoms with Crippen molar-refractivity contribution in [2.45, 2.75) is 25.7 Å². The van der Waals surface area contributed by atoms with E-state index in [0.29, 0.717) is 24.4 Å². The van der Waals surface area contributed by atoms with Gasteiger partial charge in [0.1, 0.15) is 0 Å². The van der Waals surface area contributed by atoms with Crippen LogP contribution in [0.4, 0.5) is 0 Å². The van der Waals surface area contributed by atoms with Crippen molar-refractivity contribution in [2.75, 3.05) is 6.61 Å². The molecular formula is C38H34O. The molecular weight excluding hydrogens is 472 g/mol. The zero-order valence-electron chi connectivity index (χ0n) is 22.3. The summed E-state index contributed by atoms with van der Waals surface area (Å²) in [4.78, 5) is 0. The predicted molar refractivity (Wildman–Crippen MR) is 162 cm³/mol. The van der Waals surface area contributed by atoms with Crippen molar-refractivity contribution < 1.29 is 5.11 Å². The maximum absolute atomic E-state index is 10.1. The van der Waals surface area contributed by atoms with Crippen LogP contribution >= 0.6 is 0 Å². The molecule has 192 valence electrons. The molecule has 0 saturated heterocycles. The van der Waals surface area contributed by atoms with E-state index in [1.165, 1.54) is 55.6 Å². The van der Waals surface area contributed by atoms with E-state index in [1.807, 2.05) is 0 Å². The molecule has 0 aliphatic heterocycles. The summed E-state index contributed by atoms with van der Waals surface area (Å²) in [6.07, 6.45) is 4.39. The van der Waals surface area contributed by atoms with E-state index in [9.17, 15) is 5.11 Å². The fraction of sp³-hybridized carbons (Fsp3) is 0.211. The second-order valence-electron chi connectivity index (χ2n) is 11.2. The smallest absolute Gasteiger partial charge is 0.0464 e. The minimum Gasteiger partial charge on any atom is -0.396 e. The Hall–Kier alpha value is -3.94. The summed E-state index contributed by atoms with van der Waals surface area (Å²) in [5.74, 6) is 1.78. The Kier molecular flexibility index (Phi) is 6.38. The Morgan fingerprint density at radius 2 is 0.744 bits per heavy atom. The van der Waals surface area contributed by atoms with E-state index in [0.717, 1.165) is 25.7 Å². The molecule has 3 atom stereocenters. The lowest BCUT2D eigenvalue weighted by atomic mass is 9.74. The van der Waals surface area contributed by atoms with Crippen molar-refractivity contribution in [3.63, 3.8) is 0 Å². The Morgan fingerprint density at radius 1 is 0.436 bits per heavy atom. The lowest BCUT2D eigenvalue weighted by Gasteiger charge is -2.29. The van der Waals surface area contributed by atoms with Crippen LogP contribution in [0.25, 0.3) is 44.5 Å². The highest BCUT2D eigenvalue weighted by atomic mass is 16.3. The summed E-state index contributed by atoms with van der Waals surface area (Å²) >= 11 is 0. The van der Waals surface area contributed by atoms with E-state index in [-0.39, 0.29) is 0 Å². The van der Waals surface area contributed by atoms with E-state index in [4.69, 9.17) is 0 Å². The van der Waals surface area contributed by atoms with Crippen LogP contribution in [0, 0.1) is 17.8 Å². The fourth-order valence-electron chi connectivity index (χ4n) is 7.31. The van der Waals surface area contributed by atoms with Gasteiger partial charge in [-0.1, -0.05) is 121 Å². The number of rotatable bonds is 5. The van der Waals surface area contributed by atoms with Crippen molar-refractivity contribution in [3.8, 4) is 44.5 Å². The van der Waals surface area contributed by atoms with Gasteiger partial charge in [-0.15, -0.1) is 0 Å². The van der Waals surface area contributed by atoms with Gasteiger partial charge in [-0.25, -0.2) is 0 Å². The number of hydrogen-bond acceptors (Lipinski definition) is 1. The monoisotopic (exact) mass is 506 g/mol. The Labute approximate surface area is 231 Å². The van der Waals surface area contributed by atoms with E-state index < -0.39 is 0 Å². The third-order valence-electron chi connectivity index (χ3n) is 9.14. The van der Waals surface area contributed by atoms with Crippen LogP contribution in [0.5, 0.6) is 0 Å². The Bertz CT molecular complexity index is 1450. The van der Waals surface area contributed by atoms with Crippen LogP contribution < -0.4 is 0 Å². The molecule has 1 unspecified atom stereocenters. The summed E-state index contributed by atoms with van der Waals surface area (Å²) in [6.45, 7) is 0.327. The first-order valence-electron chi connectivity index (χ1n) is 14.4. The summed E-state index contributed by atoms with van der Waals surface area (Å²) in [7, 11) is 0. The molecule has 0 radical (unpaired) electrons. The molecule has 1 nitrogen and oxygen atoms in total. The van der Waals surface area contributed by atoms with Gasteiger partial charge in [0.05, 0.1) is 0 Å². The van der Waals surface area contributed by atoms with Crippen molar-refractivity contribution in [3.05, 3.63) is 132 Å². The van der Waals surface area contributed by atoms with Crippen LogP contribution in [0.2, 0.25) is 0 Å².